The Morgan fingerprint density at radius 2 is 1.73 bits per heavy atom. The number of aromatic nitrogens is 1. The van der Waals surface area contributed by atoms with E-state index >= 15 is 0 Å². The van der Waals surface area contributed by atoms with Crippen LogP contribution in [0.5, 0.6) is 11.5 Å². The largest absolute Gasteiger partial charge is 0.493 e. The lowest BCUT2D eigenvalue weighted by molar-refractivity contribution is 0.332. The van der Waals surface area contributed by atoms with E-state index in [1.165, 1.54) is 22.6 Å². The third-order valence-corrected chi connectivity index (χ3v) is 7.32. The van der Waals surface area contributed by atoms with Crippen molar-refractivity contribution in [2.45, 2.75) is 17.4 Å². The van der Waals surface area contributed by atoms with Crippen molar-refractivity contribution in [2.24, 2.45) is 0 Å². The van der Waals surface area contributed by atoms with Crippen LogP contribution in [0.1, 0.15) is 22.7 Å². The zero-order chi connectivity index (χ0) is 21.3. The van der Waals surface area contributed by atoms with Crippen molar-refractivity contribution in [2.75, 3.05) is 20.8 Å². The smallest absolute Gasteiger partial charge is 0.245 e. The van der Waals surface area contributed by atoms with Gasteiger partial charge in [-0.15, -0.1) is 0 Å². The van der Waals surface area contributed by atoms with Crippen LogP contribution in [-0.2, 0) is 16.4 Å². The molecule has 1 atom stereocenters. The predicted octanol–water partition coefficient (Wildman–Crippen LogP) is 4.09. The highest BCUT2D eigenvalue weighted by atomic mass is 35.5. The van der Waals surface area contributed by atoms with Crippen molar-refractivity contribution < 1.29 is 17.9 Å². The van der Waals surface area contributed by atoms with E-state index in [4.69, 9.17) is 21.1 Å². The second-order valence-electron chi connectivity index (χ2n) is 6.90. The van der Waals surface area contributed by atoms with E-state index in [2.05, 4.69) is 4.98 Å². The van der Waals surface area contributed by atoms with Gasteiger partial charge in [-0.05, 0) is 47.4 Å². The third-order valence-electron chi connectivity index (χ3n) is 5.25. The second-order valence-corrected chi connectivity index (χ2v) is 9.18. The van der Waals surface area contributed by atoms with E-state index in [0.717, 1.165) is 16.7 Å². The number of fused-ring (bicyclic) bond motifs is 1. The van der Waals surface area contributed by atoms with E-state index in [0.29, 0.717) is 24.5 Å². The minimum atomic E-state index is -3.81. The summed E-state index contributed by atoms with van der Waals surface area (Å²) in [5.41, 5.74) is 2.77. The molecule has 1 unspecified atom stereocenters. The number of sulfonamides is 1. The standard InChI is InChI=1S/C22H21ClN2O4S/c1-28-19-12-16-10-11-25(30(26,27)17-8-9-21(23)24-14-17)22(15-6-4-3-5-7-15)18(16)13-20(19)29-2/h3-9,12-14,22H,10-11H2,1-2H3. The molecule has 0 amide bonds. The summed E-state index contributed by atoms with van der Waals surface area (Å²) >= 11 is 5.86. The van der Waals surface area contributed by atoms with Crippen molar-refractivity contribution in [3.63, 3.8) is 0 Å². The summed E-state index contributed by atoms with van der Waals surface area (Å²) in [5, 5.41) is 0.245. The van der Waals surface area contributed by atoms with Gasteiger partial charge in [-0.2, -0.15) is 4.31 Å². The van der Waals surface area contributed by atoms with Crippen LogP contribution < -0.4 is 9.47 Å². The van der Waals surface area contributed by atoms with Gasteiger partial charge in [0.15, 0.2) is 11.5 Å². The van der Waals surface area contributed by atoms with Gasteiger partial charge in [0, 0.05) is 12.7 Å². The average Bonchev–Trinajstić information content (AvgIpc) is 2.78. The van der Waals surface area contributed by atoms with Crippen LogP contribution in [0.3, 0.4) is 0 Å². The molecular formula is C22H21ClN2O4S. The topological polar surface area (TPSA) is 68.7 Å². The van der Waals surface area contributed by atoms with Gasteiger partial charge in [-0.1, -0.05) is 41.9 Å². The Morgan fingerprint density at radius 3 is 2.37 bits per heavy atom. The average molecular weight is 445 g/mol. The van der Waals surface area contributed by atoms with Gasteiger partial charge < -0.3 is 9.47 Å². The highest BCUT2D eigenvalue weighted by Gasteiger charge is 2.38. The van der Waals surface area contributed by atoms with Gasteiger partial charge >= 0.3 is 0 Å². The quantitative estimate of drug-likeness (QED) is 0.554. The van der Waals surface area contributed by atoms with Crippen LogP contribution in [0.25, 0.3) is 0 Å². The molecule has 0 spiro atoms. The predicted molar refractivity (Wildman–Crippen MR) is 115 cm³/mol. The summed E-state index contributed by atoms with van der Waals surface area (Å²) in [6, 6.07) is 15.8. The van der Waals surface area contributed by atoms with Crippen molar-refractivity contribution in [3.8, 4) is 11.5 Å². The minimum Gasteiger partial charge on any atom is -0.493 e. The summed E-state index contributed by atoms with van der Waals surface area (Å²) in [6.45, 7) is 0.326. The van der Waals surface area contributed by atoms with Gasteiger partial charge in [-0.3, -0.25) is 0 Å². The Kier molecular flexibility index (Phi) is 5.69. The zero-order valence-electron chi connectivity index (χ0n) is 16.6. The van der Waals surface area contributed by atoms with Crippen LogP contribution in [0.4, 0.5) is 0 Å². The molecule has 0 saturated carbocycles. The molecule has 8 heteroatoms. The Balaban J connectivity index is 1.89. The number of nitrogens with zero attached hydrogens (tertiary/aromatic N) is 2. The molecule has 1 aromatic heterocycles. The van der Waals surface area contributed by atoms with E-state index in [-0.39, 0.29) is 10.0 Å². The number of pyridine rings is 1. The highest BCUT2D eigenvalue weighted by Crippen LogP contribution is 2.43. The molecule has 0 N–H and O–H groups in total. The molecule has 0 saturated heterocycles. The molecule has 1 aliphatic rings. The second kappa shape index (κ2) is 8.26. The van der Waals surface area contributed by atoms with Gasteiger partial charge in [0.2, 0.25) is 10.0 Å². The minimum absolute atomic E-state index is 0.108. The molecule has 3 aromatic rings. The molecule has 0 fully saturated rings. The number of hydrogen-bond donors (Lipinski definition) is 0. The zero-order valence-corrected chi connectivity index (χ0v) is 18.2. The van der Waals surface area contributed by atoms with Crippen molar-refractivity contribution in [1.82, 2.24) is 9.29 Å². The SMILES string of the molecule is COc1cc2c(cc1OC)C(c1ccccc1)N(S(=O)(=O)c1ccc(Cl)nc1)CC2. The Morgan fingerprint density at radius 1 is 1.03 bits per heavy atom. The first-order valence-corrected chi connectivity index (χ1v) is 11.2. The number of hydrogen-bond acceptors (Lipinski definition) is 5. The van der Waals surface area contributed by atoms with Crippen molar-refractivity contribution in [3.05, 3.63) is 82.6 Å². The van der Waals surface area contributed by atoms with Crippen molar-refractivity contribution in [1.29, 1.82) is 0 Å². The van der Waals surface area contributed by atoms with E-state index in [1.807, 2.05) is 42.5 Å². The monoisotopic (exact) mass is 444 g/mol. The number of methoxy groups -OCH3 is 2. The summed E-state index contributed by atoms with van der Waals surface area (Å²) in [7, 11) is -0.657. The Hall–Kier alpha value is -2.61. The molecule has 156 valence electrons. The van der Waals surface area contributed by atoms with Crippen LogP contribution in [0.2, 0.25) is 5.15 Å². The highest BCUT2D eigenvalue weighted by molar-refractivity contribution is 7.89. The van der Waals surface area contributed by atoms with Crippen LogP contribution in [0, 0.1) is 0 Å². The molecule has 30 heavy (non-hydrogen) atoms. The first kappa shape index (κ1) is 20.7. The summed E-state index contributed by atoms with van der Waals surface area (Å²) in [4.78, 5) is 4.06. The molecule has 0 bridgehead atoms. The number of halogens is 1. The summed E-state index contributed by atoms with van der Waals surface area (Å²) < 4.78 is 39.6. The van der Waals surface area contributed by atoms with E-state index in [1.54, 1.807) is 14.2 Å². The fourth-order valence-corrected chi connectivity index (χ4v) is 5.47. The Labute approximate surface area is 181 Å². The lowest BCUT2D eigenvalue weighted by Gasteiger charge is -2.37. The normalized spacial score (nSPS) is 16.7. The lowest BCUT2D eigenvalue weighted by atomic mass is 9.89. The van der Waals surface area contributed by atoms with Gasteiger partial charge in [0.1, 0.15) is 10.0 Å². The fourth-order valence-electron chi connectivity index (χ4n) is 3.81. The van der Waals surface area contributed by atoms with E-state index in [9.17, 15) is 8.42 Å². The van der Waals surface area contributed by atoms with Crippen LogP contribution in [0.15, 0.2) is 65.7 Å². The maximum atomic E-state index is 13.6. The lowest BCUT2D eigenvalue weighted by Crippen LogP contribution is -2.40. The molecule has 6 nitrogen and oxygen atoms in total. The number of benzene rings is 2. The molecule has 0 aliphatic carbocycles. The van der Waals surface area contributed by atoms with Crippen LogP contribution in [-0.4, -0.2) is 38.5 Å². The maximum Gasteiger partial charge on any atom is 0.245 e. The fraction of sp³-hybridized carbons (Fsp3) is 0.227. The molecular weight excluding hydrogens is 424 g/mol. The van der Waals surface area contributed by atoms with Gasteiger partial charge in [-0.25, -0.2) is 13.4 Å². The number of ether oxygens (including phenoxy) is 2. The van der Waals surface area contributed by atoms with E-state index < -0.39 is 16.1 Å². The Bertz CT molecular complexity index is 1150. The van der Waals surface area contributed by atoms with Gasteiger partial charge in [0.05, 0.1) is 20.3 Å². The summed E-state index contributed by atoms with van der Waals surface area (Å²) in [6.07, 6.45) is 1.85. The maximum absolute atomic E-state index is 13.6. The number of rotatable bonds is 5. The van der Waals surface area contributed by atoms with Gasteiger partial charge in [0.25, 0.3) is 0 Å². The molecule has 2 heterocycles. The first-order chi connectivity index (χ1) is 14.5. The van der Waals surface area contributed by atoms with Crippen molar-refractivity contribution >= 4 is 21.6 Å². The van der Waals surface area contributed by atoms with Crippen LogP contribution >= 0.6 is 11.6 Å². The first-order valence-electron chi connectivity index (χ1n) is 9.39. The molecule has 2 aromatic carbocycles. The summed E-state index contributed by atoms with van der Waals surface area (Å²) in [5.74, 6) is 1.19. The third kappa shape index (κ3) is 3.64. The molecule has 1 aliphatic heterocycles. The molecule has 4 rings (SSSR count). The molecule has 0 radical (unpaired) electrons.